The highest BCUT2D eigenvalue weighted by molar-refractivity contribution is 8.02. The van der Waals surface area contributed by atoms with Crippen LogP contribution in [-0.4, -0.2) is 88.6 Å². The maximum atomic E-state index is 14.6. The van der Waals surface area contributed by atoms with E-state index in [2.05, 4.69) is 20.1 Å². The van der Waals surface area contributed by atoms with Crippen LogP contribution < -0.4 is 9.64 Å². The zero-order chi connectivity index (χ0) is 27.8. The molecular weight excluding hydrogens is 502 g/mol. The van der Waals surface area contributed by atoms with Gasteiger partial charge in [-0.2, -0.15) is 0 Å². The molecule has 3 aliphatic rings. The third-order valence-electron chi connectivity index (χ3n) is 8.52. The lowest BCUT2D eigenvalue weighted by atomic mass is 9.65. The summed E-state index contributed by atoms with van der Waals surface area (Å²) in [5, 5.41) is 10.3. The lowest BCUT2D eigenvalue weighted by Gasteiger charge is -2.42. The Morgan fingerprint density at radius 2 is 1.89 bits per heavy atom. The van der Waals surface area contributed by atoms with Gasteiger partial charge < -0.3 is 24.5 Å². The van der Waals surface area contributed by atoms with Gasteiger partial charge in [-0.25, -0.2) is 0 Å². The van der Waals surface area contributed by atoms with Crippen molar-refractivity contribution in [1.29, 1.82) is 0 Å². The minimum atomic E-state index is -0.813. The molecule has 1 N–H and O–H groups in total. The largest absolute Gasteiger partial charge is 0.497 e. The van der Waals surface area contributed by atoms with E-state index in [4.69, 9.17) is 4.74 Å². The molecule has 38 heavy (non-hydrogen) atoms. The molecule has 3 heterocycles. The summed E-state index contributed by atoms with van der Waals surface area (Å²) < 4.78 is 4.53. The number of hydrogen-bond acceptors (Lipinski definition) is 6. The summed E-state index contributed by atoms with van der Waals surface area (Å²) in [7, 11) is 3.32. The highest BCUT2D eigenvalue weighted by Gasteiger charge is 2.76. The number of nitrogens with zero attached hydrogens (tertiary/aromatic N) is 3. The molecular formula is C29H39N3O5S. The van der Waals surface area contributed by atoms with E-state index in [1.54, 1.807) is 64.9 Å². The summed E-state index contributed by atoms with van der Waals surface area (Å²) in [6, 6.07) is 5.89. The number of ether oxygens (including phenoxy) is 1. The quantitative estimate of drug-likeness (QED) is 0.434. The Morgan fingerprint density at radius 1 is 1.24 bits per heavy atom. The molecule has 7 atom stereocenters. The first-order valence-electron chi connectivity index (χ1n) is 13.2. The first-order valence-corrected chi connectivity index (χ1v) is 14.1. The Labute approximate surface area is 229 Å². The van der Waals surface area contributed by atoms with Crippen LogP contribution in [0, 0.1) is 17.8 Å². The SMILES string of the molecule is C=CCN(C)C(=O)[C@@H]1[C@H]2C(=O)N([C@@H](CC)CO)C(C(=O)N(CC=C)c3ccc(OC)cc3)C23S[C@@H]1CC3C. The molecule has 206 valence electrons. The van der Waals surface area contributed by atoms with Gasteiger partial charge >= 0.3 is 0 Å². The fourth-order valence-corrected chi connectivity index (χ4v) is 9.12. The molecule has 4 rings (SSSR count). The number of likely N-dealkylation sites (N-methyl/N-ethyl adjacent to an activating group) is 1. The number of likely N-dealkylation sites (tertiary alicyclic amines) is 1. The molecule has 1 spiro atoms. The number of hydrogen-bond donors (Lipinski definition) is 1. The number of fused-ring (bicyclic) bond motifs is 1. The summed E-state index contributed by atoms with van der Waals surface area (Å²) in [5.74, 6) is -0.939. The molecule has 0 saturated carbocycles. The van der Waals surface area contributed by atoms with E-state index in [9.17, 15) is 19.5 Å². The predicted molar refractivity (Wildman–Crippen MR) is 150 cm³/mol. The van der Waals surface area contributed by atoms with E-state index in [1.807, 2.05) is 19.1 Å². The molecule has 3 unspecified atom stereocenters. The van der Waals surface area contributed by atoms with Crippen molar-refractivity contribution in [3.63, 3.8) is 0 Å². The van der Waals surface area contributed by atoms with E-state index in [0.717, 1.165) is 6.42 Å². The number of methoxy groups -OCH3 is 1. The number of carbonyl (C=O) groups excluding carboxylic acids is 3. The smallest absolute Gasteiger partial charge is 0.251 e. The van der Waals surface area contributed by atoms with Crippen molar-refractivity contribution in [2.75, 3.05) is 38.8 Å². The van der Waals surface area contributed by atoms with Gasteiger partial charge in [0.2, 0.25) is 11.8 Å². The van der Waals surface area contributed by atoms with Crippen LogP contribution in [0.4, 0.5) is 5.69 Å². The Bertz CT molecular complexity index is 1090. The third kappa shape index (κ3) is 4.24. The summed E-state index contributed by atoms with van der Waals surface area (Å²) >= 11 is 1.64. The summed E-state index contributed by atoms with van der Waals surface area (Å²) in [4.78, 5) is 47.4. The molecule has 3 amide bonds. The van der Waals surface area contributed by atoms with E-state index in [1.165, 1.54) is 0 Å². The van der Waals surface area contributed by atoms with Crippen molar-refractivity contribution in [1.82, 2.24) is 9.80 Å². The van der Waals surface area contributed by atoms with Crippen molar-refractivity contribution >= 4 is 35.2 Å². The molecule has 3 saturated heterocycles. The molecule has 9 heteroatoms. The number of benzene rings is 1. The van der Waals surface area contributed by atoms with Crippen LogP contribution in [0.2, 0.25) is 0 Å². The van der Waals surface area contributed by atoms with E-state index >= 15 is 0 Å². The van der Waals surface area contributed by atoms with Gasteiger partial charge in [-0.3, -0.25) is 14.4 Å². The van der Waals surface area contributed by atoms with E-state index in [0.29, 0.717) is 24.4 Å². The van der Waals surface area contributed by atoms with Crippen LogP contribution in [0.3, 0.4) is 0 Å². The van der Waals surface area contributed by atoms with Crippen LogP contribution in [0.5, 0.6) is 5.75 Å². The van der Waals surface area contributed by atoms with Gasteiger partial charge in [0.05, 0.1) is 36.3 Å². The number of rotatable bonds is 11. The van der Waals surface area contributed by atoms with Gasteiger partial charge in [-0.15, -0.1) is 24.9 Å². The van der Waals surface area contributed by atoms with Gasteiger partial charge in [-0.1, -0.05) is 26.0 Å². The molecule has 3 fully saturated rings. The number of anilines is 1. The maximum Gasteiger partial charge on any atom is 0.251 e. The number of carbonyl (C=O) groups is 3. The Balaban J connectivity index is 1.83. The lowest BCUT2D eigenvalue weighted by molar-refractivity contribution is -0.145. The molecule has 0 aliphatic carbocycles. The lowest BCUT2D eigenvalue weighted by Crippen LogP contribution is -2.59. The molecule has 1 aromatic rings. The highest BCUT2D eigenvalue weighted by atomic mass is 32.2. The minimum absolute atomic E-state index is 0.0387. The van der Waals surface area contributed by atoms with Crippen LogP contribution in [0.25, 0.3) is 0 Å². The third-order valence-corrected chi connectivity index (χ3v) is 10.6. The topological polar surface area (TPSA) is 90.4 Å². The van der Waals surface area contributed by atoms with Gasteiger partial charge in [0.25, 0.3) is 5.91 Å². The van der Waals surface area contributed by atoms with Gasteiger partial charge in [-0.05, 0) is 43.0 Å². The van der Waals surface area contributed by atoms with E-state index < -0.39 is 28.7 Å². The second-order valence-corrected chi connectivity index (χ2v) is 12.0. The fourth-order valence-electron chi connectivity index (χ4n) is 6.73. The maximum absolute atomic E-state index is 14.6. The zero-order valence-corrected chi connectivity index (χ0v) is 23.5. The number of aliphatic hydroxyl groups is 1. The number of amides is 3. The highest BCUT2D eigenvalue weighted by Crippen LogP contribution is 2.69. The van der Waals surface area contributed by atoms with Crippen molar-refractivity contribution < 1.29 is 24.2 Å². The number of aliphatic hydroxyl groups excluding tert-OH is 1. The summed E-state index contributed by atoms with van der Waals surface area (Å²) in [5.41, 5.74) is 0.670. The second kappa shape index (κ2) is 11.1. The van der Waals surface area contributed by atoms with Crippen molar-refractivity contribution in [2.24, 2.45) is 17.8 Å². The normalized spacial score (nSPS) is 30.1. The molecule has 8 nitrogen and oxygen atoms in total. The van der Waals surface area contributed by atoms with Gasteiger partial charge in [0, 0.05) is 31.1 Å². The molecule has 1 aromatic carbocycles. The summed E-state index contributed by atoms with van der Waals surface area (Å²) in [6.07, 6.45) is 4.59. The monoisotopic (exact) mass is 541 g/mol. The molecule has 0 aromatic heterocycles. The zero-order valence-electron chi connectivity index (χ0n) is 22.7. The first-order chi connectivity index (χ1) is 18.2. The van der Waals surface area contributed by atoms with Crippen LogP contribution in [0.15, 0.2) is 49.6 Å². The van der Waals surface area contributed by atoms with Crippen molar-refractivity contribution in [3.05, 3.63) is 49.6 Å². The Kier molecular flexibility index (Phi) is 8.28. The van der Waals surface area contributed by atoms with Crippen LogP contribution in [-0.2, 0) is 14.4 Å². The van der Waals surface area contributed by atoms with Crippen LogP contribution in [0.1, 0.15) is 26.7 Å². The molecule has 2 bridgehead atoms. The Hall–Kier alpha value is -2.78. The molecule has 0 radical (unpaired) electrons. The van der Waals surface area contributed by atoms with E-state index in [-0.39, 0.29) is 42.0 Å². The predicted octanol–water partition coefficient (Wildman–Crippen LogP) is 2.97. The number of thioether (sulfide) groups is 1. The fraction of sp³-hybridized carbons (Fsp3) is 0.552. The average Bonchev–Trinajstić information content (AvgIpc) is 3.51. The van der Waals surface area contributed by atoms with Crippen LogP contribution >= 0.6 is 11.8 Å². The molecule has 3 aliphatic heterocycles. The first kappa shape index (κ1) is 28.2. The summed E-state index contributed by atoms with van der Waals surface area (Å²) in [6.45, 7) is 12.0. The average molecular weight is 542 g/mol. The van der Waals surface area contributed by atoms with Crippen molar-refractivity contribution in [3.8, 4) is 5.75 Å². The standard InChI is InChI=1S/C29H39N3O5S/c1-7-14-30(5)26(34)23-22-16-18(4)29(38-22)24(23)27(35)32(19(9-3)17-33)25(29)28(36)31(15-8-2)20-10-12-21(37-6)13-11-20/h7-8,10-13,18-19,22-25,33H,1-2,9,14-17H2,3-6H3/t18?,19-,22+,23-,24-,25?,29?/m0/s1. The second-order valence-electron chi connectivity index (χ2n) is 10.5. The minimum Gasteiger partial charge on any atom is -0.497 e. The van der Waals surface area contributed by atoms with Gasteiger partial charge in [0.1, 0.15) is 11.8 Å². The Morgan fingerprint density at radius 3 is 2.45 bits per heavy atom. The van der Waals surface area contributed by atoms with Crippen molar-refractivity contribution in [2.45, 2.75) is 48.8 Å². The van der Waals surface area contributed by atoms with Gasteiger partial charge in [0.15, 0.2) is 0 Å².